The van der Waals surface area contributed by atoms with E-state index < -0.39 is 10.0 Å². The Balaban J connectivity index is 1.50. The van der Waals surface area contributed by atoms with Crippen molar-refractivity contribution in [2.75, 3.05) is 10.0 Å². The fourth-order valence-corrected chi connectivity index (χ4v) is 4.58. The third-order valence-electron chi connectivity index (χ3n) is 5.42. The van der Waals surface area contributed by atoms with Gasteiger partial charge in [-0.25, -0.2) is 23.1 Å². The molecule has 4 rings (SSSR count). The number of nitrogens with one attached hydrogen (secondary N) is 2. The van der Waals surface area contributed by atoms with Crippen molar-refractivity contribution in [3.63, 3.8) is 0 Å². The number of carbonyl (C=O) groups excluding carboxylic acids is 1. The first kappa shape index (κ1) is 21.8. The lowest BCUT2D eigenvalue weighted by Gasteiger charge is -2.11. The number of anilines is 2. The van der Waals surface area contributed by atoms with Crippen LogP contribution in [0, 0.1) is 13.8 Å². The Kier molecular flexibility index (Phi) is 5.60. The molecular weight excluding hydrogens is 428 g/mol. The van der Waals surface area contributed by atoms with Crippen LogP contribution in [0.2, 0.25) is 0 Å². The molecule has 0 saturated heterocycles. The van der Waals surface area contributed by atoms with E-state index >= 15 is 0 Å². The van der Waals surface area contributed by atoms with E-state index in [1.807, 2.05) is 19.1 Å². The number of amides is 1. The van der Waals surface area contributed by atoms with Crippen LogP contribution in [0.5, 0.6) is 5.75 Å². The molecule has 0 saturated carbocycles. The van der Waals surface area contributed by atoms with Gasteiger partial charge >= 0.3 is 0 Å². The molecule has 3 aromatic rings. The molecule has 0 unspecified atom stereocenters. The number of hydrogen-bond donors (Lipinski definition) is 2. The molecule has 2 atom stereocenters. The predicted octanol–water partition coefficient (Wildman–Crippen LogP) is 4.03. The Morgan fingerprint density at radius 3 is 2.31 bits per heavy atom. The maximum Gasteiger partial charge on any atom is 0.264 e. The van der Waals surface area contributed by atoms with Crippen molar-refractivity contribution in [2.24, 2.45) is 0 Å². The van der Waals surface area contributed by atoms with Gasteiger partial charge in [-0.3, -0.25) is 4.79 Å². The molecule has 0 spiro atoms. The maximum atomic E-state index is 12.8. The van der Waals surface area contributed by atoms with Crippen LogP contribution in [0.4, 0.5) is 11.6 Å². The van der Waals surface area contributed by atoms with E-state index in [1.54, 1.807) is 26.0 Å². The first-order chi connectivity index (χ1) is 15.1. The molecular formula is C23H24N4O4S. The second-order valence-corrected chi connectivity index (χ2v) is 9.58. The molecule has 9 heteroatoms. The van der Waals surface area contributed by atoms with E-state index in [0.29, 0.717) is 28.4 Å². The molecule has 166 valence electrons. The largest absolute Gasteiger partial charge is 0.489 e. The van der Waals surface area contributed by atoms with Crippen LogP contribution in [0.1, 0.15) is 47.1 Å². The van der Waals surface area contributed by atoms with Gasteiger partial charge in [0, 0.05) is 28.6 Å². The van der Waals surface area contributed by atoms with Gasteiger partial charge in [-0.2, -0.15) is 0 Å². The normalized spacial score (nSPS) is 17.4. The summed E-state index contributed by atoms with van der Waals surface area (Å²) in [5.41, 5.74) is 3.24. The standard InChI is InChI=1S/C23H24N4O4S/c1-13-12-14(2)25-23(24-13)27-32(29,30)18-10-8-17(9-11-18)26-22(28)20-7-5-6-19-15(3)16(4)31-21(19)20/h5-12,15-16H,1-4H3,(H,26,28)(H,24,25,27)/t15-,16+/m0/s1. The zero-order chi connectivity index (χ0) is 23.0. The summed E-state index contributed by atoms with van der Waals surface area (Å²) in [6, 6.07) is 13.2. The molecule has 8 nitrogen and oxygen atoms in total. The molecule has 2 heterocycles. The number of hydrogen-bond acceptors (Lipinski definition) is 6. The third-order valence-corrected chi connectivity index (χ3v) is 6.76. The van der Waals surface area contributed by atoms with E-state index in [9.17, 15) is 13.2 Å². The summed E-state index contributed by atoms with van der Waals surface area (Å²) < 4.78 is 33.6. The van der Waals surface area contributed by atoms with Gasteiger partial charge in [0.1, 0.15) is 11.9 Å². The average molecular weight is 453 g/mol. The average Bonchev–Trinajstić information content (AvgIpc) is 3.01. The minimum Gasteiger partial charge on any atom is -0.489 e. The van der Waals surface area contributed by atoms with Gasteiger partial charge in [0.25, 0.3) is 15.9 Å². The van der Waals surface area contributed by atoms with Crippen molar-refractivity contribution in [1.82, 2.24) is 9.97 Å². The SMILES string of the molecule is Cc1cc(C)nc(NS(=O)(=O)c2ccc(NC(=O)c3cccc4c3O[C@H](C)[C@@H]4C)cc2)n1. The summed E-state index contributed by atoms with van der Waals surface area (Å²) in [7, 11) is -3.87. The van der Waals surface area contributed by atoms with Crippen molar-refractivity contribution in [3.05, 3.63) is 71.0 Å². The quantitative estimate of drug-likeness (QED) is 0.605. The van der Waals surface area contributed by atoms with Gasteiger partial charge in [0.05, 0.1) is 10.5 Å². The highest BCUT2D eigenvalue weighted by molar-refractivity contribution is 7.92. The summed E-state index contributed by atoms with van der Waals surface area (Å²) in [6.45, 7) is 7.56. The van der Waals surface area contributed by atoms with E-state index in [0.717, 1.165) is 5.56 Å². The van der Waals surface area contributed by atoms with Crippen molar-refractivity contribution in [3.8, 4) is 5.75 Å². The maximum absolute atomic E-state index is 12.8. The highest BCUT2D eigenvalue weighted by Crippen LogP contribution is 2.40. The minimum absolute atomic E-state index is 0.00268. The molecule has 2 aromatic carbocycles. The fraction of sp³-hybridized carbons (Fsp3) is 0.261. The van der Waals surface area contributed by atoms with Gasteiger partial charge in [0.2, 0.25) is 5.95 Å². The number of aryl methyl sites for hydroxylation is 2. The fourth-order valence-electron chi connectivity index (χ4n) is 3.63. The molecule has 1 aliphatic heterocycles. The second-order valence-electron chi connectivity index (χ2n) is 7.89. The number of carbonyl (C=O) groups is 1. The number of para-hydroxylation sites is 1. The van der Waals surface area contributed by atoms with Crippen LogP contribution in [-0.2, 0) is 10.0 Å². The minimum atomic E-state index is -3.87. The van der Waals surface area contributed by atoms with Crippen LogP contribution < -0.4 is 14.8 Å². The van der Waals surface area contributed by atoms with Gasteiger partial charge in [-0.15, -0.1) is 0 Å². The number of sulfonamides is 1. The van der Waals surface area contributed by atoms with Crippen molar-refractivity contribution in [2.45, 2.75) is 44.6 Å². The number of ether oxygens (including phenoxy) is 1. The molecule has 1 aliphatic rings. The van der Waals surface area contributed by atoms with Crippen molar-refractivity contribution >= 4 is 27.6 Å². The molecule has 0 fully saturated rings. The Bertz CT molecular complexity index is 1270. The summed E-state index contributed by atoms with van der Waals surface area (Å²) >= 11 is 0. The van der Waals surface area contributed by atoms with Crippen LogP contribution in [0.25, 0.3) is 0 Å². The van der Waals surface area contributed by atoms with E-state index in [-0.39, 0.29) is 28.8 Å². The van der Waals surface area contributed by atoms with Crippen molar-refractivity contribution in [1.29, 1.82) is 0 Å². The molecule has 0 aliphatic carbocycles. The third kappa shape index (κ3) is 4.29. The lowest BCUT2D eigenvalue weighted by Crippen LogP contribution is -2.16. The number of rotatable bonds is 5. The van der Waals surface area contributed by atoms with Crippen LogP contribution in [0.15, 0.2) is 53.4 Å². The summed E-state index contributed by atoms with van der Waals surface area (Å²) in [4.78, 5) is 21.1. The van der Waals surface area contributed by atoms with Crippen LogP contribution in [0.3, 0.4) is 0 Å². The van der Waals surface area contributed by atoms with E-state index in [2.05, 4.69) is 26.9 Å². The molecule has 1 aromatic heterocycles. The monoisotopic (exact) mass is 452 g/mol. The Morgan fingerprint density at radius 2 is 1.66 bits per heavy atom. The Morgan fingerprint density at radius 1 is 1.00 bits per heavy atom. The smallest absolute Gasteiger partial charge is 0.264 e. The molecule has 32 heavy (non-hydrogen) atoms. The van der Waals surface area contributed by atoms with Gasteiger partial charge in [-0.1, -0.05) is 19.1 Å². The lowest BCUT2D eigenvalue weighted by molar-refractivity contribution is 0.102. The second kappa shape index (κ2) is 8.23. The molecule has 0 bridgehead atoms. The number of fused-ring (bicyclic) bond motifs is 1. The van der Waals surface area contributed by atoms with Gasteiger partial charge in [-0.05, 0) is 57.2 Å². The first-order valence-corrected chi connectivity index (χ1v) is 11.7. The van der Waals surface area contributed by atoms with Crippen LogP contribution >= 0.6 is 0 Å². The number of nitrogens with zero attached hydrogens (tertiary/aromatic N) is 2. The number of aromatic nitrogens is 2. The molecule has 0 radical (unpaired) electrons. The van der Waals surface area contributed by atoms with E-state index in [1.165, 1.54) is 24.3 Å². The summed E-state index contributed by atoms with van der Waals surface area (Å²) in [5.74, 6) is 0.500. The lowest BCUT2D eigenvalue weighted by atomic mass is 9.97. The van der Waals surface area contributed by atoms with Crippen molar-refractivity contribution < 1.29 is 17.9 Å². The van der Waals surface area contributed by atoms with E-state index in [4.69, 9.17) is 4.74 Å². The zero-order valence-corrected chi connectivity index (χ0v) is 19.0. The van der Waals surface area contributed by atoms with Gasteiger partial charge < -0.3 is 10.1 Å². The Labute approximate surface area is 187 Å². The molecule has 1 amide bonds. The topological polar surface area (TPSA) is 110 Å². The van der Waals surface area contributed by atoms with Crippen LogP contribution in [-0.4, -0.2) is 30.4 Å². The summed E-state index contributed by atoms with van der Waals surface area (Å²) in [5, 5.41) is 2.80. The van der Waals surface area contributed by atoms with Gasteiger partial charge in [0.15, 0.2) is 0 Å². The highest BCUT2D eigenvalue weighted by Gasteiger charge is 2.31. The Hall–Kier alpha value is -3.46. The summed E-state index contributed by atoms with van der Waals surface area (Å²) in [6.07, 6.45) is -0.00268. The molecule has 2 N–H and O–H groups in total. The zero-order valence-electron chi connectivity index (χ0n) is 18.2. The number of benzene rings is 2. The predicted molar refractivity (Wildman–Crippen MR) is 122 cm³/mol. The first-order valence-electron chi connectivity index (χ1n) is 10.2. The highest BCUT2D eigenvalue weighted by atomic mass is 32.2.